The fourth-order valence-corrected chi connectivity index (χ4v) is 6.19. The molecule has 0 aromatic heterocycles. The molecule has 8 heteroatoms. The summed E-state index contributed by atoms with van der Waals surface area (Å²) in [6.07, 6.45) is 24.9. The summed E-state index contributed by atoms with van der Waals surface area (Å²) in [7, 11) is 4.73. The molecule has 0 fully saturated rings. The molecule has 2 rings (SSSR count). The Bertz CT molecular complexity index is 1130. The zero-order valence-corrected chi connectivity index (χ0v) is 34.0. The van der Waals surface area contributed by atoms with Gasteiger partial charge in [-0.1, -0.05) is 154 Å². The van der Waals surface area contributed by atoms with E-state index >= 15 is 0 Å². The number of ether oxygens (including phenoxy) is 5. The van der Waals surface area contributed by atoms with Crippen molar-refractivity contribution in [3.05, 3.63) is 59.7 Å². The number of hydrogen-bond acceptors (Lipinski definition) is 7. The van der Waals surface area contributed by atoms with Crippen LogP contribution in [0.2, 0.25) is 0 Å². The first-order chi connectivity index (χ1) is 25.8. The van der Waals surface area contributed by atoms with E-state index in [0.717, 1.165) is 54.7 Å². The summed E-state index contributed by atoms with van der Waals surface area (Å²) < 4.78 is 27.0. The number of carboxylic acid groups (broad SMARTS) is 1. The molecule has 53 heavy (non-hydrogen) atoms. The third kappa shape index (κ3) is 27.2. The number of carbonyl (C=O) groups excluding carboxylic acids is 1. The number of methoxy groups -OCH3 is 3. The summed E-state index contributed by atoms with van der Waals surface area (Å²) in [6, 6.07) is 15.5. The van der Waals surface area contributed by atoms with E-state index in [4.69, 9.17) is 28.8 Å². The summed E-state index contributed by atoms with van der Waals surface area (Å²) in [6.45, 7) is 5.44. The average Bonchev–Trinajstić information content (AvgIpc) is 3.17. The van der Waals surface area contributed by atoms with Crippen molar-refractivity contribution in [3.63, 3.8) is 0 Å². The lowest BCUT2D eigenvalue weighted by Crippen LogP contribution is -2.19. The molecule has 0 saturated carbocycles. The van der Waals surface area contributed by atoms with Gasteiger partial charge in [0.15, 0.2) is 0 Å². The normalized spacial score (nSPS) is 12.0. The van der Waals surface area contributed by atoms with Crippen molar-refractivity contribution >= 4 is 11.9 Å². The Morgan fingerprint density at radius 2 is 0.849 bits per heavy atom. The molecule has 302 valence electrons. The van der Waals surface area contributed by atoms with Gasteiger partial charge in [-0.25, -0.2) is 0 Å². The van der Waals surface area contributed by atoms with Gasteiger partial charge in [0, 0.05) is 0 Å². The third-order valence-corrected chi connectivity index (χ3v) is 9.57. The maximum absolute atomic E-state index is 11.7. The third-order valence-electron chi connectivity index (χ3n) is 9.57. The van der Waals surface area contributed by atoms with E-state index < -0.39 is 5.97 Å². The second-order valence-electron chi connectivity index (χ2n) is 14.2. The molecule has 0 radical (unpaired) electrons. The summed E-state index contributed by atoms with van der Waals surface area (Å²) >= 11 is 0. The zero-order valence-electron chi connectivity index (χ0n) is 34.0. The van der Waals surface area contributed by atoms with Crippen LogP contribution in [0.3, 0.4) is 0 Å². The van der Waals surface area contributed by atoms with Crippen molar-refractivity contribution in [3.8, 4) is 11.5 Å². The van der Waals surface area contributed by atoms with Crippen LogP contribution in [0.1, 0.15) is 166 Å². The van der Waals surface area contributed by atoms with E-state index in [-0.39, 0.29) is 24.6 Å². The van der Waals surface area contributed by atoms with Crippen molar-refractivity contribution in [1.29, 1.82) is 0 Å². The Balaban J connectivity index is 0.000000530. The van der Waals surface area contributed by atoms with Crippen molar-refractivity contribution in [1.82, 2.24) is 0 Å². The van der Waals surface area contributed by atoms with E-state index in [0.29, 0.717) is 19.6 Å². The van der Waals surface area contributed by atoms with Gasteiger partial charge in [-0.3, -0.25) is 9.59 Å². The number of unbranched alkanes of at least 4 members (excludes halogenated alkanes) is 16. The average molecular weight is 743 g/mol. The molecular formula is C45H74O8. The quantitative estimate of drug-likeness (QED) is 0.0584. The minimum absolute atomic E-state index is 0.0766. The van der Waals surface area contributed by atoms with Crippen LogP contribution in [0.15, 0.2) is 48.5 Å². The number of rotatable bonds is 32. The lowest BCUT2D eigenvalue weighted by atomic mass is 10.0. The minimum Gasteiger partial charge on any atom is -0.497 e. The molecule has 0 heterocycles. The molecule has 0 aliphatic carbocycles. The van der Waals surface area contributed by atoms with Gasteiger partial charge in [0.25, 0.3) is 0 Å². The SMILES string of the molecule is CCCCCCCCCCC[C@H](CC(=O)O)OCc1ccc(OC)cc1.CCCCCCCCCCC[C@H](CC(=O)OC)OCc1ccc(OC)cc1. The molecule has 0 saturated heterocycles. The highest BCUT2D eigenvalue weighted by Gasteiger charge is 2.16. The van der Waals surface area contributed by atoms with Crippen LogP contribution in [0.25, 0.3) is 0 Å². The minimum atomic E-state index is -0.791. The summed E-state index contributed by atoms with van der Waals surface area (Å²) in [5.41, 5.74) is 2.12. The summed E-state index contributed by atoms with van der Waals surface area (Å²) in [5, 5.41) is 9.10. The van der Waals surface area contributed by atoms with Gasteiger partial charge in [-0.2, -0.15) is 0 Å². The van der Waals surface area contributed by atoms with E-state index in [2.05, 4.69) is 13.8 Å². The molecule has 0 aliphatic rings. The molecule has 0 unspecified atom stereocenters. The predicted molar refractivity (Wildman–Crippen MR) is 216 cm³/mol. The molecule has 2 atom stereocenters. The maximum Gasteiger partial charge on any atom is 0.308 e. The highest BCUT2D eigenvalue weighted by Crippen LogP contribution is 2.19. The van der Waals surface area contributed by atoms with Gasteiger partial charge in [0.05, 0.1) is 59.6 Å². The van der Waals surface area contributed by atoms with E-state index in [1.807, 2.05) is 48.5 Å². The fourth-order valence-electron chi connectivity index (χ4n) is 6.19. The van der Waals surface area contributed by atoms with E-state index in [9.17, 15) is 9.59 Å². The first-order valence-corrected chi connectivity index (χ1v) is 20.6. The predicted octanol–water partition coefficient (Wildman–Crippen LogP) is 12.0. The number of carboxylic acids is 1. The number of carbonyl (C=O) groups is 2. The maximum atomic E-state index is 11.7. The molecule has 1 N–H and O–H groups in total. The zero-order chi connectivity index (χ0) is 38.8. The molecule has 0 amide bonds. The standard InChI is InChI=1S/C23H38O4.C22H36O4/c1-4-5-6-7-8-9-10-11-12-13-22(18-23(24)26-3)27-19-20-14-16-21(25-2)17-15-20;1-3-4-5-6-7-8-9-10-11-12-21(17-22(23)24)26-18-19-13-15-20(25-2)16-14-19/h14-17,22H,4-13,18-19H2,1-3H3;13-16,21H,3-12,17-18H2,1-2H3,(H,23,24)/t22-;21-/m11/s1. The van der Waals surface area contributed by atoms with Crippen LogP contribution in [-0.2, 0) is 37.0 Å². The van der Waals surface area contributed by atoms with E-state index in [1.165, 1.54) is 103 Å². The lowest BCUT2D eigenvalue weighted by molar-refractivity contribution is -0.144. The van der Waals surface area contributed by atoms with Crippen molar-refractivity contribution < 1.29 is 38.4 Å². The smallest absolute Gasteiger partial charge is 0.308 e. The van der Waals surface area contributed by atoms with E-state index in [1.54, 1.807) is 14.2 Å². The molecule has 0 aliphatic heterocycles. The Hall–Kier alpha value is -3.10. The van der Waals surface area contributed by atoms with Gasteiger partial charge < -0.3 is 28.8 Å². The molecule has 8 nitrogen and oxygen atoms in total. The number of benzene rings is 2. The Labute approximate surface area is 322 Å². The Morgan fingerprint density at radius 1 is 0.509 bits per heavy atom. The molecular weight excluding hydrogens is 668 g/mol. The van der Waals surface area contributed by atoms with Crippen LogP contribution in [-0.4, -0.2) is 50.6 Å². The van der Waals surface area contributed by atoms with Crippen LogP contribution >= 0.6 is 0 Å². The fraction of sp³-hybridized carbons (Fsp3) is 0.689. The van der Waals surface area contributed by atoms with Crippen molar-refractivity contribution in [2.45, 2.75) is 181 Å². The largest absolute Gasteiger partial charge is 0.497 e. The van der Waals surface area contributed by atoms with Crippen LogP contribution in [0, 0.1) is 0 Å². The topological polar surface area (TPSA) is 101 Å². The molecule has 2 aromatic rings. The van der Waals surface area contributed by atoms with Gasteiger partial charge >= 0.3 is 11.9 Å². The second kappa shape index (κ2) is 33.5. The van der Waals surface area contributed by atoms with Crippen LogP contribution in [0.4, 0.5) is 0 Å². The first kappa shape index (κ1) is 47.9. The van der Waals surface area contributed by atoms with Gasteiger partial charge in [-0.15, -0.1) is 0 Å². The van der Waals surface area contributed by atoms with Gasteiger partial charge in [0.1, 0.15) is 11.5 Å². The number of esters is 1. The molecule has 0 spiro atoms. The lowest BCUT2D eigenvalue weighted by Gasteiger charge is -2.17. The highest BCUT2D eigenvalue weighted by molar-refractivity contribution is 5.69. The summed E-state index contributed by atoms with van der Waals surface area (Å²) in [5.74, 6) is 0.649. The Kier molecular flexibility index (Phi) is 30.3. The molecule has 2 aromatic carbocycles. The monoisotopic (exact) mass is 743 g/mol. The first-order valence-electron chi connectivity index (χ1n) is 20.6. The van der Waals surface area contributed by atoms with Gasteiger partial charge in [-0.05, 0) is 48.2 Å². The second-order valence-corrected chi connectivity index (χ2v) is 14.2. The van der Waals surface area contributed by atoms with Crippen molar-refractivity contribution in [2.24, 2.45) is 0 Å². The van der Waals surface area contributed by atoms with Crippen LogP contribution in [0.5, 0.6) is 11.5 Å². The number of hydrogen-bond donors (Lipinski definition) is 1. The van der Waals surface area contributed by atoms with Gasteiger partial charge in [0.2, 0.25) is 0 Å². The highest BCUT2D eigenvalue weighted by atomic mass is 16.5. The number of aliphatic carboxylic acids is 1. The Morgan fingerprint density at radius 3 is 1.17 bits per heavy atom. The van der Waals surface area contributed by atoms with Crippen LogP contribution < -0.4 is 9.47 Å². The van der Waals surface area contributed by atoms with Crippen molar-refractivity contribution in [2.75, 3.05) is 21.3 Å². The molecule has 0 bridgehead atoms. The summed E-state index contributed by atoms with van der Waals surface area (Å²) in [4.78, 5) is 22.7.